The van der Waals surface area contributed by atoms with Gasteiger partial charge in [0.1, 0.15) is 5.41 Å². The van der Waals surface area contributed by atoms with Gasteiger partial charge in [-0.25, -0.2) is 0 Å². The van der Waals surface area contributed by atoms with Gasteiger partial charge in [0.05, 0.1) is 0 Å². The van der Waals surface area contributed by atoms with E-state index in [0.717, 1.165) is 18.4 Å². The largest absolute Gasteiger partial charge is 0.342 e. The van der Waals surface area contributed by atoms with Crippen LogP contribution in [0.5, 0.6) is 0 Å². The minimum absolute atomic E-state index is 0.0293. The van der Waals surface area contributed by atoms with Crippen molar-refractivity contribution in [2.75, 3.05) is 18.4 Å². The zero-order valence-corrected chi connectivity index (χ0v) is 14.9. The fourth-order valence-corrected chi connectivity index (χ4v) is 2.98. The van der Waals surface area contributed by atoms with E-state index in [2.05, 4.69) is 5.32 Å². The molecule has 0 saturated heterocycles. The summed E-state index contributed by atoms with van der Waals surface area (Å²) < 4.78 is 0. The van der Waals surface area contributed by atoms with Crippen molar-refractivity contribution >= 4 is 29.1 Å². The number of carbonyl (C=O) groups excluding carboxylic acids is 2. The molecule has 1 aromatic carbocycles. The summed E-state index contributed by atoms with van der Waals surface area (Å²) in [5, 5.41) is 3.51. The van der Waals surface area contributed by atoms with E-state index >= 15 is 0 Å². The Balaban J connectivity index is 2.14. The third kappa shape index (κ3) is 3.69. The Bertz CT molecular complexity index is 591. The summed E-state index contributed by atoms with van der Waals surface area (Å²) in [6, 6.07) is 5.40. The number of carbonyl (C=O) groups is 2. The highest BCUT2D eigenvalue weighted by atomic mass is 35.5. The number of nitrogens with one attached hydrogen (secondary N) is 1. The predicted octanol–water partition coefficient (Wildman–Crippen LogP) is 4.02. The molecule has 1 aliphatic carbocycles. The molecule has 1 N–H and O–H groups in total. The number of hydrogen-bond acceptors (Lipinski definition) is 2. The molecular weight excluding hydrogens is 312 g/mol. The molecule has 2 amide bonds. The van der Waals surface area contributed by atoms with Gasteiger partial charge in [-0.15, -0.1) is 0 Å². The van der Waals surface area contributed by atoms with Gasteiger partial charge < -0.3 is 10.2 Å². The first-order valence-corrected chi connectivity index (χ1v) is 8.70. The summed E-state index contributed by atoms with van der Waals surface area (Å²) in [6.45, 7) is 7.37. The fourth-order valence-electron chi connectivity index (χ4n) is 2.81. The van der Waals surface area contributed by atoms with Crippen molar-refractivity contribution in [2.45, 2.75) is 46.5 Å². The number of hydrogen-bond donors (Lipinski definition) is 1. The van der Waals surface area contributed by atoms with Crippen LogP contribution in [0.15, 0.2) is 18.2 Å². The third-order valence-electron chi connectivity index (χ3n) is 4.38. The van der Waals surface area contributed by atoms with E-state index in [4.69, 9.17) is 11.6 Å². The molecule has 0 spiro atoms. The Kier molecular flexibility index (Phi) is 5.69. The molecule has 0 unspecified atom stereocenters. The molecule has 0 radical (unpaired) electrons. The molecule has 0 bridgehead atoms. The van der Waals surface area contributed by atoms with Gasteiger partial charge in [-0.3, -0.25) is 9.59 Å². The standard InChI is InChI=1S/C18H25ClN2O2/c1-4-11-21(12-5-2)17(23)18(9-10-18)16(22)20-15-8-6-7-14(19)13(15)3/h6-8H,4-5,9-12H2,1-3H3,(H,20,22). The molecule has 2 rings (SSSR count). The average molecular weight is 337 g/mol. The summed E-state index contributed by atoms with van der Waals surface area (Å²) >= 11 is 6.10. The van der Waals surface area contributed by atoms with Crippen molar-refractivity contribution in [1.29, 1.82) is 0 Å². The molecule has 126 valence electrons. The second-order valence-corrected chi connectivity index (χ2v) is 6.65. The van der Waals surface area contributed by atoms with Crippen molar-refractivity contribution < 1.29 is 9.59 Å². The molecule has 1 aromatic rings. The van der Waals surface area contributed by atoms with E-state index < -0.39 is 5.41 Å². The first-order valence-electron chi connectivity index (χ1n) is 8.32. The van der Waals surface area contributed by atoms with Crippen LogP contribution in [0.3, 0.4) is 0 Å². The van der Waals surface area contributed by atoms with Crippen LogP contribution in [0.4, 0.5) is 5.69 Å². The second-order valence-electron chi connectivity index (χ2n) is 6.24. The lowest BCUT2D eigenvalue weighted by Gasteiger charge is -2.26. The minimum Gasteiger partial charge on any atom is -0.342 e. The van der Waals surface area contributed by atoms with Crippen LogP contribution in [-0.2, 0) is 9.59 Å². The Morgan fingerprint density at radius 3 is 2.35 bits per heavy atom. The number of halogens is 1. The first kappa shape index (κ1) is 17.8. The quantitative estimate of drug-likeness (QED) is 0.765. The molecule has 1 aliphatic rings. The smallest absolute Gasteiger partial charge is 0.240 e. The van der Waals surface area contributed by atoms with E-state index in [0.29, 0.717) is 36.6 Å². The Morgan fingerprint density at radius 1 is 1.22 bits per heavy atom. The van der Waals surface area contributed by atoms with Gasteiger partial charge in [0, 0.05) is 23.8 Å². The van der Waals surface area contributed by atoms with Crippen LogP contribution in [-0.4, -0.2) is 29.8 Å². The van der Waals surface area contributed by atoms with E-state index in [9.17, 15) is 9.59 Å². The van der Waals surface area contributed by atoms with Crippen LogP contribution < -0.4 is 5.32 Å². The molecule has 0 aliphatic heterocycles. The van der Waals surface area contributed by atoms with Gasteiger partial charge in [-0.1, -0.05) is 31.5 Å². The third-order valence-corrected chi connectivity index (χ3v) is 4.79. The summed E-state index contributed by atoms with van der Waals surface area (Å²) in [7, 11) is 0. The lowest BCUT2D eigenvalue weighted by atomic mass is 10.0. The number of amides is 2. The van der Waals surface area contributed by atoms with E-state index in [1.807, 2.05) is 31.7 Å². The lowest BCUT2D eigenvalue weighted by molar-refractivity contribution is -0.142. The average Bonchev–Trinajstić information content (AvgIpc) is 3.33. The van der Waals surface area contributed by atoms with Crippen molar-refractivity contribution in [3.05, 3.63) is 28.8 Å². The number of benzene rings is 1. The highest BCUT2D eigenvalue weighted by molar-refractivity contribution is 6.31. The topological polar surface area (TPSA) is 49.4 Å². The summed E-state index contributed by atoms with van der Waals surface area (Å²) in [5.74, 6) is -0.233. The fraction of sp³-hybridized carbons (Fsp3) is 0.556. The summed E-state index contributed by atoms with van der Waals surface area (Å²) in [6.07, 6.45) is 3.05. The lowest BCUT2D eigenvalue weighted by Crippen LogP contribution is -2.43. The summed E-state index contributed by atoms with van der Waals surface area (Å²) in [5.41, 5.74) is 0.628. The molecule has 4 nitrogen and oxygen atoms in total. The zero-order chi connectivity index (χ0) is 17.0. The molecule has 0 aromatic heterocycles. The number of nitrogens with zero attached hydrogens (tertiary/aromatic N) is 1. The van der Waals surface area contributed by atoms with Gasteiger partial charge in [0.2, 0.25) is 11.8 Å². The maximum atomic E-state index is 12.8. The maximum absolute atomic E-state index is 12.8. The molecular formula is C18H25ClN2O2. The molecule has 1 fully saturated rings. The van der Waals surface area contributed by atoms with E-state index in [1.165, 1.54) is 0 Å². The van der Waals surface area contributed by atoms with E-state index in [1.54, 1.807) is 12.1 Å². The van der Waals surface area contributed by atoms with Gasteiger partial charge in [-0.2, -0.15) is 0 Å². The Morgan fingerprint density at radius 2 is 1.83 bits per heavy atom. The normalized spacial score (nSPS) is 15.1. The van der Waals surface area contributed by atoms with Crippen molar-refractivity contribution in [3.63, 3.8) is 0 Å². The number of rotatable bonds is 7. The minimum atomic E-state index is -0.876. The predicted molar refractivity (Wildman–Crippen MR) is 93.6 cm³/mol. The first-order chi connectivity index (χ1) is 11.0. The monoisotopic (exact) mass is 336 g/mol. The van der Waals surface area contributed by atoms with Crippen LogP contribution >= 0.6 is 11.6 Å². The van der Waals surface area contributed by atoms with Crippen molar-refractivity contribution in [2.24, 2.45) is 5.41 Å². The van der Waals surface area contributed by atoms with Crippen LogP contribution in [0.2, 0.25) is 5.02 Å². The Hall–Kier alpha value is -1.55. The van der Waals surface area contributed by atoms with E-state index in [-0.39, 0.29) is 11.8 Å². The highest BCUT2D eigenvalue weighted by Crippen LogP contribution is 2.48. The molecule has 23 heavy (non-hydrogen) atoms. The van der Waals surface area contributed by atoms with Crippen molar-refractivity contribution in [3.8, 4) is 0 Å². The second kappa shape index (κ2) is 7.35. The van der Waals surface area contributed by atoms with Gasteiger partial charge in [0.25, 0.3) is 0 Å². The zero-order valence-electron chi connectivity index (χ0n) is 14.1. The SMILES string of the molecule is CCCN(CCC)C(=O)C1(C(=O)Nc2cccc(Cl)c2C)CC1. The summed E-state index contributed by atoms with van der Waals surface area (Å²) in [4.78, 5) is 27.4. The van der Waals surface area contributed by atoms with Gasteiger partial charge >= 0.3 is 0 Å². The van der Waals surface area contributed by atoms with Crippen LogP contribution in [0, 0.1) is 12.3 Å². The molecule has 0 atom stereocenters. The van der Waals surface area contributed by atoms with Crippen LogP contribution in [0.25, 0.3) is 0 Å². The van der Waals surface area contributed by atoms with Crippen LogP contribution in [0.1, 0.15) is 45.1 Å². The molecule has 1 saturated carbocycles. The molecule has 0 heterocycles. The van der Waals surface area contributed by atoms with Gasteiger partial charge in [-0.05, 0) is 50.3 Å². The maximum Gasteiger partial charge on any atom is 0.240 e. The van der Waals surface area contributed by atoms with Crippen molar-refractivity contribution in [1.82, 2.24) is 4.90 Å². The highest BCUT2D eigenvalue weighted by Gasteiger charge is 2.57. The Labute approximate surface area is 143 Å². The molecule has 5 heteroatoms. The van der Waals surface area contributed by atoms with Gasteiger partial charge in [0.15, 0.2) is 0 Å². The number of anilines is 1.